The number of pyridine rings is 1. The van der Waals surface area contributed by atoms with Gasteiger partial charge >= 0.3 is 0 Å². The molecule has 0 bridgehead atoms. The summed E-state index contributed by atoms with van der Waals surface area (Å²) in [4.78, 5) is 18.0. The van der Waals surface area contributed by atoms with Gasteiger partial charge in [-0.3, -0.25) is 10.0 Å². The Morgan fingerprint density at radius 2 is 1.74 bits per heavy atom. The van der Waals surface area contributed by atoms with E-state index in [0.29, 0.717) is 59.2 Å². The summed E-state index contributed by atoms with van der Waals surface area (Å²) in [5.74, 6) is -0.184. The average molecular weight is 629 g/mol. The maximum absolute atomic E-state index is 14.9. The molecular formula is C37H33FN6O3. The largest absolute Gasteiger partial charge is 0.508 e. The van der Waals surface area contributed by atoms with Gasteiger partial charge in [0.1, 0.15) is 35.1 Å². The number of rotatable bonds is 9. The second-order valence-corrected chi connectivity index (χ2v) is 11.9. The molecule has 6 rings (SSSR count). The van der Waals surface area contributed by atoms with E-state index in [1.54, 1.807) is 29.9 Å². The quantitative estimate of drug-likeness (QED) is 0.0980. The molecule has 9 nitrogen and oxygen atoms in total. The van der Waals surface area contributed by atoms with Crippen molar-refractivity contribution in [3.8, 4) is 40.1 Å². The summed E-state index contributed by atoms with van der Waals surface area (Å²) < 4.78 is 14.9. The van der Waals surface area contributed by atoms with Crippen LogP contribution in [0.3, 0.4) is 0 Å². The molecule has 1 amide bonds. The van der Waals surface area contributed by atoms with E-state index in [4.69, 9.17) is 10.2 Å². The van der Waals surface area contributed by atoms with Crippen molar-refractivity contribution in [2.45, 2.75) is 44.2 Å². The zero-order chi connectivity index (χ0) is 32.9. The van der Waals surface area contributed by atoms with Crippen LogP contribution in [-0.4, -0.2) is 40.3 Å². The molecule has 236 valence electrons. The molecule has 1 aromatic heterocycles. The lowest BCUT2D eigenvalue weighted by Gasteiger charge is -2.34. The number of piperidine rings is 1. The third kappa shape index (κ3) is 7.00. The molecule has 4 N–H and O–H groups in total. The summed E-state index contributed by atoms with van der Waals surface area (Å²) in [5.41, 5.74) is 6.87. The summed E-state index contributed by atoms with van der Waals surface area (Å²) in [7, 11) is 0. The van der Waals surface area contributed by atoms with Crippen LogP contribution in [0.2, 0.25) is 0 Å². The van der Waals surface area contributed by atoms with Crippen LogP contribution >= 0.6 is 0 Å². The Hall–Kier alpha value is -5.55. The molecule has 1 saturated carbocycles. The number of phenols is 1. The maximum Gasteiger partial charge on any atom is 0.267 e. The van der Waals surface area contributed by atoms with Crippen LogP contribution in [-0.2, 0) is 11.3 Å². The molecule has 4 aromatic rings. The van der Waals surface area contributed by atoms with Gasteiger partial charge in [-0.05, 0) is 83.7 Å². The number of carbonyl (C=O) groups excluding carboxylic acids is 1. The van der Waals surface area contributed by atoms with Crippen LogP contribution in [0.4, 0.5) is 10.2 Å². The Bertz CT molecular complexity index is 1920. The minimum Gasteiger partial charge on any atom is -0.508 e. The summed E-state index contributed by atoms with van der Waals surface area (Å²) in [6, 6.07) is 22.1. The highest BCUT2D eigenvalue weighted by Gasteiger charge is 2.28. The molecule has 3 aromatic carbocycles. The van der Waals surface area contributed by atoms with Crippen molar-refractivity contribution >= 4 is 17.8 Å². The number of nitrogens with one attached hydrogen (secondary N) is 2. The average Bonchev–Trinajstić information content (AvgIpc) is 3.95. The number of nitrogens with zero attached hydrogens (tertiary/aromatic N) is 4. The molecular weight excluding hydrogens is 595 g/mol. The highest BCUT2D eigenvalue weighted by atomic mass is 19.1. The van der Waals surface area contributed by atoms with E-state index in [9.17, 15) is 24.8 Å². The molecule has 47 heavy (non-hydrogen) atoms. The lowest BCUT2D eigenvalue weighted by Crippen LogP contribution is -2.42. The van der Waals surface area contributed by atoms with Gasteiger partial charge in [0, 0.05) is 49.1 Å². The number of halogens is 1. The number of benzene rings is 3. The van der Waals surface area contributed by atoms with Crippen molar-refractivity contribution in [2.24, 2.45) is 0 Å². The molecule has 10 heteroatoms. The van der Waals surface area contributed by atoms with Gasteiger partial charge in [-0.25, -0.2) is 14.9 Å². The molecule has 2 aliphatic rings. The van der Waals surface area contributed by atoms with Crippen molar-refractivity contribution < 1.29 is 19.5 Å². The monoisotopic (exact) mass is 628 g/mol. The van der Waals surface area contributed by atoms with Gasteiger partial charge in [-0.1, -0.05) is 42.5 Å². The minimum absolute atomic E-state index is 0.0797. The van der Waals surface area contributed by atoms with Gasteiger partial charge in [0.05, 0.1) is 5.56 Å². The van der Waals surface area contributed by atoms with Crippen molar-refractivity contribution in [3.05, 3.63) is 107 Å². The van der Waals surface area contributed by atoms with Crippen LogP contribution in [0, 0.1) is 28.5 Å². The summed E-state index contributed by atoms with van der Waals surface area (Å²) in [6.45, 7) is 1.99. The van der Waals surface area contributed by atoms with Crippen molar-refractivity contribution in [2.75, 3.05) is 18.0 Å². The first-order valence-electron chi connectivity index (χ1n) is 15.5. The molecule has 2 heterocycles. The lowest BCUT2D eigenvalue weighted by molar-refractivity contribution is -0.124. The summed E-state index contributed by atoms with van der Waals surface area (Å²) in [5, 5.41) is 42.8. The molecule has 0 radical (unpaired) electrons. The van der Waals surface area contributed by atoms with Crippen molar-refractivity contribution in [1.82, 2.24) is 15.8 Å². The minimum atomic E-state index is -0.669. The number of nitriles is 2. The summed E-state index contributed by atoms with van der Waals surface area (Å²) >= 11 is 0. The second-order valence-electron chi connectivity index (χ2n) is 11.9. The molecule has 0 atom stereocenters. The maximum atomic E-state index is 14.9. The third-order valence-electron chi connectivity index (χ3n) is 8.81. The van der Waals surface area contributed by atoms with Crippen LogP contribution in [0.15, 0.2) is 72.9 Å². The fraction of sp³-hybridized carbons (Fsp3) is 0.243. The lowest BCUT2D eigenvalue weighted by atomic mass is 9.90. The first-order chi connectivity index (χ1) is 22.9. The van der Waals surface area contributed by atoms with Crippen LogP contribution in [0.5, 0.6) is 5.75 Å². The number of carbonyl (C=O) groups is 1. The van der Waals surface area contributed by atoms with E-state index < -0.39 is 11.7 Å². The number of anilines is 1. The van der Waals surface area contributed by atoms with Gasteiger partial charge in [0.25, 0.3) is 5.91 Å². The first-order valence-corrected chi connectivity index (χ1v) is 15.5. The second kappa shape index (κ2) is 13.8. The SMILES string of the molecule is N#Cc1ccc(-c2c(-c3ccc(C4CC4)c(O)c3)cnc(N3CCC(NCc4ccc(/C=C/C(=O)NO)cc4)CC3)c2C#N)cc1F. The topological polar surface area (TPSA) is 145 Å². The highest BCUT2D eigenvalue weighted by molar-refractivity contribution is 5.91. The van der Waals surface area contributed by atoms with Crippen molar-refractivity contribution in [1.29, 1.82) is 10.5 Å². The van der Waals surface area contributed by atoms with Crippen molar-refractivity contribution in [3.63, 3.8) is 0 Å². The van der Waals surface area contributed by atoms with E-state index in [1.165, 1.54) is 18.2 Å². The standard InChI is InChI=1S/C37H33FN6O3/c38-33-17-27(8-9-28(33)19-39)36-31(20-40)37(42-22-32(36)26-10-11-30(25-6-7-25)34(45)18-26)44-15-13-29(14-16-44)41-21-24-3-1-23(2-4-24)5-12-35(46)43-47/h1-5,8-12,17-18,22,25,29,41,45,47H,6-7,13-16,21H2,(H,43,46)/b12-5+. The molecule has 1 aliphatic carbocycles. The highest BCUT2D eigenvalue weighted by Crippen LogP contribution is 2.46. The Morgan fingerprint density at radius 3 is 2.38 bits per heavy atom. The normalized spacial score (nSPS) is 14.9. The third-order valence-corrected chi connectivity index (χ3v) is 8.81. The Morgan fingerprint density at radius 1 is 1.00 bits per heavy atom. The molecule has 0 unspecified atom stereocenters. The fourth-order valence-electron chi connectivity index (χ4n) is 6.09. The van der Waals surface area contributed by atoms with Crippen LogP contribution < -0.4 is 15.7 Å². The Kier molecular flexibility index (Phi) is 9.25. The molecule has 1 aliphatic heterocycles. The summed E-state index contributed by atoms with van der Waals surface area (Å²) in [6.07, 6.45) is 8.29. The smallest absolute Gasteiger partial charge is 0.267 e. The molecule has 1 saturated heterocycles. The van der Waals surface area contributed by atoms with Gasteiger partial charge in [0.2, 0.25) is 0 Å². The first kappa shape index (κ1) is 31.4. The number of amides is 1. The van der Waals surface area contributed by atoms with E-state index in [0.717, 1.165) is 42.4 Å². The van der Waals surface area contributed by atoms with Crippen LogP contribution in [0.25, 0.3) is 28.3 Å². The van der Waals surface area contributed by atoms with Gasteiger partial charge < -0.3 is 15.3 Å². The molecule has 2 fully saturated rings. The van der Waals surface area contributed by atoms with Gasteiger partial charge in [0.15, 0.2) is 0 Å². The number of aromatic hydroxyl groups is 1. The van der Waals surface area contributed by atoms with E-state index >= 15 is 0 Å². The zero-order valence-corrected chi connectivity index (χ0v) is 25.6. The predicted octanol–water partition coefficient (Wildman–Crippen LogP) is 6.16. The van der Waals surface area contributed by atoms with Gasteiger partial charge in [-0.15, -0.1) is 0 Å². The fourth-order valence-corrected chi connectivity index (χ4v) is 6.09. The zero-order valence-electron chi connectivity index (χ0n) is 25.6. The number of hydrogen-bond donors (Lipinski definition) is 4. The number of phenolic OH excluding ortho intramolecular Hbond substituents is 1. The van der Waals surface area contributed by atoms with E-state index in [1.807, 2.05) is 42.5 Å². The number of hydrogen-bond acceptors (Lipinski definition) is 8. The number of hydroxylamine groups is 1. The molecule has 0 spiro atoms. The predicted molar refractivity (Wildman–Crippen MR) is 176 cm³/mol. The Balaban J connectivity index is 1.22. The van der Waals surface area contributed by atoms with Gasteiger partial charge in [-0.2, -0.15) is 10.5 Å². The number of aromatic nitrogens is 1. The van der Waals surface area contributed by atoms with E-state index in [2.05, 4.69) is 16.3 Å². The van der Waals surface area contributed by atoms with Crippen LogP contribution in [0.1, 0.15) is 59.4 Å². The van der Waals surface area contributed by atoms with E-state index in [-0.39, 0.29) is 17.4 Å². The Labute approximate surface area is 272 Å².